The first-order valence-electron chi connectivity index (χ1n) is 8.31. The van der Waals surface area contributed by atoms with Crippen LogP contribution in [-0.4, -0.2) is 46.8 Å². The largest absolute Gasteiger partial charge is 0.462 e. The van der Waals surface area contributed by atoms with Crippen LogP contribution in [0.3, 0.4) is 0 Å². The molecule has 0 aliphatic heterocycles. The van der Waals surface area contributed by atoms with E-state index in [1.807, 2.05) is 0 Å². The number of nitrogens with zero attached hydrogens (tertiary/aromatic N) is 2. The number of hydrogen-bond donors (Lipinski definition) is 1. The maximum absolute atomic E-state index is 12.2. The van der Waals surface area contributed by atoms with Crippen LogP contribution in [0.5, 0.6) is 0 Å². The molecule has 0 saturated heterocycles. The Morgan fingerprint density at radius 2 is 1.79 bits per heavy atom. The third kappa shape index (κ3) is 4.97. The van der Waals surface area contributed by atoms with Gasteiger partial charge in [-0.05, 0) is 33.3 Å². The number of ether oxygens (including phenoxy) is 2. The fourth-order valence-electron chi connectivity index (χ4n) is 2.25. The van der Waals surface area contributed by atoms with E-state index in [4.69, 9.17) is 9.47 Å². The second kappa shape index (κ2) is 9.18. The molecule has 0 aromatic carbocycles. The fourth-order valence-corrected chi connectivity index (χ4v) is 3.36. The molecular weight excluding hydrogens is 386 g/mol. The maximum Gasteiger partial charge on any atom is 0.359 e. The van der Waals surface area contributed by atoms with Gasteiger partial charge in [0, 0.05) is 6.20 Å². The average Bonchev–Trinajstić information content (AvgIpc) is 2.96. The van der Waals surface area contributed by atoms with Crippen molar-refractivity contribution in [2.45, 2.75) is 27.7 Å². The van der Waals surface area contributed by atoms with E-state index < -0.39 is 24.5 Å². The van der Waals surface area contributed by atoms with Gasteiger partial charge in [0.2, 0.25) is 0 Å². The number of anilines is 1. The van der Waals surface area contributed by atoms with Crippen molar-refractivity contribution in [3.63, 3.8) is 0 Å². The first-order chi connectivity index (χ1) is 13.2. The minimum atomic E-state index is -0.806. The summed E-state index contributed by atoms with van der Waals surface area (Å²) in [6.45, 7) is 5.89. The van der Waals surface area contributed by atoms with Gasteiger partial charge < -0.3 is 14.8 Å². The lowest BCUT2D eigenvalue weighted by Gasteiger charge is -2.07. The van der Waals surface area contributed by atoms with Gasteiger partial charge in [-0.2, -0.15) is 0 Å². The molecule has 1 amide bonds. The standard InChI is InChI=1S/C18H19N3O6S/c1-5-26-18(25)14-10(3)15(11(4)22)28-16(14)21-13(23)8-27-17(24)12-7-19-9(2)6-20-12/h6-7H,5,8H2,1-4H3,(H,21,23). The zero-order valence-corrected chi connectivity index (χ0v) is 16.6. The molecule has 0 unspecified atom stereocenters. The molecule has 0 atom stereocenters. The average molecular weight is 405 g/mol. The highest BCUT2D eigenvalue weighted by atomic mass is 32.1. The lowest BCUT2D eigenvalue weighted by molar-refractivity contribution is -0.119. The minimum Gasteiger partial charge on any atom is -0.462 e. The molecule has 0 radical (unpaired) electrons. The Morgan fingerprint density at radius 1 is 1.07 bits per heavy atom. The van der Waals surface area contributed by atoms with Gasteiger partial charge >= 0.3 is 11.9 Å². The SMILES string of the molecule is CCOC(=O)c1c(NC(=O)COC(=O)c2cnc(C)cn2)sc(C(C)=O)c1C. The van der Waals surface area contributed by atoms with Gasteiger partial charge in [-0.3, -0.25) is 14.6 Å². The summed E-state index contributed by atoms with van der Waals surface area (Å²) in [7, 11) is 0. The maximum atomic E-state index is 12.2. The number of nitrogens with one attached hydrogen (secondary N) is 1. The van der Waals surface area contributed by atoms with Gasteiger partial charge in [0.05, 0.1) is 28.9 Å². The van der Waals surface area contributed by atoms with Crippen LogP contribution in [0.1, 0.15) is 55.6 Å². The molecule has 2 aromatic heterocycles. The van der Waals surface area contributed by atoms with E-state index in [9.17, 15) is 19.2 Å². The molecule has 1 N–H and O–H groups in total. The van der Waals surface area contributed by atoms with E-state index in [1.165, 1.54) is 19.3 Å². The predicted molar refractivity (Wildman–Crippen MR) is 101 cm³/mol. The van der Waals surface area contributed by atoms with Crippen LogP contribution in [0.15, 0.2) is 12.4 Å². The number of rotatable bonds is 7. The van der Waals surface area contributed by atoms with Gasteiger partial charge in [-0.25, -0.2) is 14.6 Å². The number of carbonyl (C=O) groups is 4. The molecule has 0 spiro atoms. The summed E-state index contributed by atoms with van der Waals surface area (Å²) >= 11 is 0.964. The quantitative estimate of drug-likeness (QED) is 0.550. The summed E-state index contributed by atoms with van der Waals surface area (Å²) in [5, 5.41) is 2.66. The number of aryl methyl sites for hydroxylation is 1. The van der Waals surface area contributed by atoms with Crippen molar-refractivity contribution in [3.8, 4) is 0 Å². The highest BCUT2D eigenvalue weighted by Gasteiger charge is 2.25. The minimum absolute atomic E-state index is 0.0311. The van der Waals surface area contributed by atoms with E-state index >= 15 is 0 Å². The van der Waals surface area contributed by atoms with Crippen molar-refractivity contribution in [2.75, 3.05) is 18.5 Å². The Hall–Kier alpha value is -3.14. The molecule has 10 heteroatoms. The number of aromatic nitrogens is 2. The topological polar surface area (TPSA) is 125 Å². The van der Waals surface area contributed by atoms with E-state index in [0.29, 0.717) is 16.1 Å². The van der Waals surface area contributed by atoms with Crippen molar-refractivity contribution < 1.29 is 28.7 Å². The molecule has 148 valence electrons. The Labute approximate surface area is 165 Å². The first-order valence-corrected chi connectivity index (χ1v) is 9.13. The smallest absolute Gasteiger partial charge is 0.359 e. The van der Waals surface area contributed by atoms with Gasteiger partial charge in [0.25, 0.3) is 5.91 Å². The highest BCUT2D eigenvalue weighted by molar-refractivity contribution is 7.18. The number of amides is 1. The number of thiophene rings is 1. The highest BCUT2D eigenvalue weighted by Crippen LogP contribution is 2.34. The molecule has 2 heterocycles. The Morgan fingerprint density at radius 3 is 2.36 bits per heavy atom. The number of hydrogen-bond acceptors (Lipinski definition) is 9. The van der Waals surface area contributed by atoms with Crippen molar-refractivity contribution in [1.29, 1.82) is 0 Å². The Bertz CT molecular complexity index is 920. The Balaban J connectivity index is 2.11. The van der Waals surface area contributed by atoms with Crippen molar-refractivity contribution in [2.24, 2.45) is 0 Å². The van der Waals surface area contributed by atoms with E-state index in [2.05, 4.69) is 15.3 Å². The summed E-state index contributed by atoms with van der Waals surface area (Å²) in [6, 6.07) is 0. The van der Waals surface area contributed by atoms with Crippen LogP contribution >= 0.6 is 11.3 Å². The van der Waals surface area contributed by atoms with E-state index in [1.54, 1.807) is 20.8 Å². The molecule has 0 aliphatic carbocycles. The van der Waals surface area contributed by atoms with Gasteiger partial charge in [0.1, 0.15) is 5.00 Å². The number of Topliss-reactive ketones (excluding diaryl/α,β-unsaturated/α-hetero) is 1. The Kier molecular flexibility index (Phi) is 6.94. The predicted octanol–water partition coefficient (Wildman–Crippen LogP) is 2.33. The summed E-state index contributed by atoms with van der Waals surface area (Å²) in [5.74, 6) is -2.36. The van der Waals surface area contributed by atoms with E-state index in [0.717, 1.165) is 11.3 Å². The second-order valence-electron chi connectivity index (χ2n) is 5.70. The van der Waals surface area contributed by atoms with Gasteiger partial charge in [0.15, 0.2) is 18.1 Å². The lowest BCUT2D eigenvalue weighted by atomic mass is 10.1. The first kappa shape index (κ1) is 21.2. The van der Waals surface area contributed by atoms with Crippen molar-refractivity contribution in [3.05, 3.63) is 39.8 Å². The molecule has 2 aromatic rings. The summed E-state index contributed by atoms with van der Waals surface area (Å²) in [6.07, 6.45) is 2.65. The molecule has 2 rings (SSSR count). The van der Waals surface area contributed by atoms with Crippen LogP contribution in [0.25, 0.3) is 0 Å². The van der Waals surface area contributed by atoms with Crippen LogP contribution in [0.4, 0.5) is 5.00 Å². The van der Waals surface area contributed by atoms with Crippen LogP contribution in [-0.2, 0) is 14.3 Å². The lowest BCUT2D eigenvalue weighted by Crippen LogP contribution is -2.22. The number of carbonyl (C=O) groups excluding carboxylic acids is 4. The third-order valence-corrected chi connectivity index (χ3v) is 4.83. The summed E-state index contributed by atoms with van der Waals surface area (Å²) < 4.78 is 9.90. The fraction of sp³-hybridized carbons (Fsp3) is 0.333. The zero-order chi connectivity index (χ0) is 20.8. The molecule has 0 aliphatic rings. The van der Waals surface area contributed by atoms with Gasteiger partial charge in [-0.15, -0.1) is 11.3 Å². The second-order valence-corrected chi connectivity index (χ2v) is 6.72. The monoisotopic (exact) mass is 405 g/mol. The molecule has 0 bridgehead atoms. The van der Waals surface area contributed by atoms with Crippen LogP contribution < -0.4 is 5.32 Å². The van der Waals surface area contributed by atoms with Crippen molar-refractivity contribution in [1.82, 2.24) is 9.97 Å². The molecule has 0 fully saturated rings. The molecular formula is C18H19N3O6S. The molecule has 28 heavy (non-hydrogen) atoms. The zero-order valence-electron chi connectivity index (χ0n) is 15.8. The summed E-state index contributed by atoms with van der Waals surface area (Å²) in [4.78, 5) is 56.2. The van der Waals surface area contributed by atoms with Crippen LogP contribution in [0.2, 0.25) is 0 Å². The number of ketones is 1. The summed E-state index contributed by atoms with van der Waals surface area (Å²) in [5.41, 5.74) is 1.14. The third-order valence-electron chi connectivity index (χ3n) is 3.52. The van der Waals surface area contributed by atoms with E-state index in [-0.39, 0.29) is 28.6 Å². The van der Waals surface area contributed by atoms with Crippen molar-refractivity contribution >= 4 is 40.0 Å². The number of esters is 2. The normalized spacial score (nSPS) is 10.3. The van der Waals surface area contributed by atoms with Gasteiger partial charge in [-0.1, -0.05) is 0 Å². The molecule has 0 saturated carbocycles. The molecule has 9 nitrogen and oxygen atoms in total. The van der Waals surface area contributed by atoms with Crippen LogP contribution in [0, 0.1) is 13.8 Å².